The van der Waals surface area contributed by atoms with Gasteiger partial charge in [0.2, 0.25) is 0 Å². The summed E-state index contributed by atoms with van der Waals surface area (Å²) in [6.07, 6.45) is 4.04. The Bertz CT molecular complexity index is 1250. The summed E-state index contributed by atoms with van der Waals surface area (Å²) in [5.41, 5.74) is 2.17. The number of nitrogens with zero attached hydrogens (tertiary/aromatic N) is 2. The third-order valence-electron chi connectivity index (χ3n) is 5.85. The third kappa shape index (κ3) is 5.25. The van der Waals surface area contributed by atoms with E-state index >= 15 is 0 Å². The van der Waals surface area contributed by atoms with Crippen molar-refractivity contribution in [2.75, 3.05) is 13.2 Å². The van der Waals surface area contributed by atoms with Gasteiger partial charge in [0.15, 0.2) is 0 Å². The molecule has 0 amide bonds. The number of fused-ring (bicyclic) bond motifs is 3. The van der Waals surface area contributed by atoms with E-state index in [4.69, 9.17) is 14.1 Å². The number of aliphatic hydroxyl groups is 1. The Morgan fingerprint density at radius 2 is 2.06 bits per heavy atom. The van der Waals surface area contributed by atoms with Crippen molar-refractivity contribution in [2.24, 2.45) is 0 Å². The molecule has 0 bridgehead atoms. The van der Waals surface area contributed by atoms with Gasteiger partial charge in [0.1, 0.15) is 16.4 Å². The highest BCUT2D eigenvalue weighted by Gasteiger charge is 2.22. The molecule has 0 radical (unpaired) electrons. The monoisotopic (exact) mass is 465 g/mol. The second-order valence-corrected chi connectivity index (χ2v) is 9.54. The minimum absolute atomic E-state index is 0.0703. The Morgan fingerprint density at radius 1 is 1.18 bits per heavy atom. The molecule has 5 rings (SSSR count). The van der Waals surface area contributed by atoms with Crippen LogP contribution >= 0.6 is 11.3 Å². The lowest BCUT2D eigenvalue weighted by Gasteiger charge is -2.23. The molecule has 7 nitrogen and oxygen atoms in total. The van der Waals surface area contributed by atoms with Crippen LogP contribution in [0.25, 0.3) is 10.2 Å². The van der Waals surface area contributed by atoms with Gasteiger partial charge in [0, 0.05) is 11.4 Å². The van der Waals surface area contributed by atoms with Crippen LogP contribution in [0.4, 0.5) is 0 Å². The molecule has 3 aromatic heterocycles. The van der Waals surface area contributed by atoms with E-state index in [1.165, 1.54) is 10.4 Å². The van der Waals surface area contributed by atoms with Gasteiger partial charge >= 0.3 is 0 Å². The van der Waals surface area contributed by atoms with Crippen LogP contribution in [0, 0.1) is 0 Å². The predicted octanol–water partition coefficient (Wildman–Crippen LogP) is 3.65. The standard InChI is InChI=1S/C25H27N3O4S/c29-18(16-31-15-17-6-2-1-3-7-17)12-28(13-19-8-5-11-32-19)14-22-26-24(30)23-20-9-4-10-21(20)33-25(23)27-22/h1-3,5-8,11,18,29H,4,9-10,12-16H2,(H,26,27,30). The molecule has 1 aromatic carbocycles. The van der Waals surface area contributed by atoms with Crippen molar-refractivity contribution in [3.8, 4) is 0 Å². The van der Waals surface area contributed by atoms with Crippen LogP contribution in [0.5, 0.6) is 0 Å². The summed E-state index contributed by atoms with van der Waals surface area (Å²) in [4.78, 5) is 24.7. The molecule has 8 heteroatoms. The molecule has 3 heterocycles. The average molecular weight is 466 g/mol. The number of aromatic nitrogens is 2. The number of hydrogen-bond acceptors (Lipinski definition) is 7. The molecule has 1 aliphatic carbocycles. The first-order valence-electron chi connectivity index (χ1n) is 11.2. The van der Waals surface area contributed by atoms with Crippen molar-refractivity contribution in [1.29, 1.82) is 0 Å². The van der Waals surface area contributed by atoms with Crippen molar-refractivity contribution in [3.05, 3.63) is 86.7 Å². The first-order valence-corrected chi connectivity index (χ1v) is 12.1. The van der Waals surface area contributed by atoms with Gasteiger partial charge in [0.05, 0.1) is 44.1 Å². The number of furan rings is 1. The number of thiophene rings is 1. The molecular formula is C25H27N3O4S. The molecule has 33 heavy (non-hydrogen) atoms. The summed E-state index contributed by atoms with van der Waals surface area (Å²) in [5.74, 6) is 1.38. The lowest BCUT2D eigenvalue weighted by atomic mass is 10.2. The Kier molecular flexibility index (Phi) is 6.68. The van der Waals surface area contributed by atoms with Crippen LogP contribution in [0.2, 0.25) is 0 Å². The molecule has 4 aromatic rings. The maximum atomic E-state index is 12.8. The van der Waals surface area contributed by atoms with E-state index in [2.05, 4.69) is 4.98 Å². The van der Waals surface area contributed by atoms with Crippen LogP contribution in [0.1, 0.15) is 34.0 Å². The molecule has 0 aliphatic heterocycles. The van der Waals surface area contributed by atoms with Gasteiger partial charge in [-0.2, -0.15) is 0 Å². The van der Waals surface area contributed by atoms with Gasteiger partial charge in [-0.1, -0.05) is 30.3 Å². The highest BCUT2D eigenvalue weighted by atomic mass is 32.1. The average Bonchev–Trinajstić information content (AvgIpc) is 3.52. The number of aromatic amines is 1. The maximum absolute atomic E-state index is 12.8. The van der Waals surface area contributed by atoms with Crippen LogP contribution < -0.4 is 5.56 Å². The van der Waals surface area contributed by atoms with E-state index in [-0.39, 0.29) is 12.2 Å². The molecular weight excluding hydrogens is 438 g/mol. The van der Waals surface area contributed by atoms with Crippen LogP contribution in [-0.2, 0) is 37.3 Å². The Labute approximate surface area is 195 Å². The van der Waals surface area contributed by atoms with E-state index in [0.717, 1.165) is 40.8 Å². The van der Waals surface area contributed by atoms with E-state index in [9.17, 15) is 9.90 Å². The molecule has 172 valence electrons. The topological polar surface area (TPSA) is 91.6 Å². The van der Waals surface area contributed by atoms with Crippen LogP contribution in [-0.4, -0.2) is 39.2 Å². The number of benzene rings is 1. The molecule has 0 spiro atoms. The number of aryl methyl sites for hydroxylation is 2. The van der Waals surface area contributed by atoms with Gasteiger partial charge in [-0.05, 0) is 42.5 Å². The molecule has 1 aliphatic rings. The number of nitrogens with one attached hydrogen (secondary N) is 1. The molecule has 1 atom stereocenters. The number of rotatable bonds is 10. The number of hydrogen-bond donors (Lipinski definition) is 2. The number of H-pyrrole nitrogens is 1. The lowest BCUT2D eigenvalue weighted by Crippen LogP contribution is -2.35. The smallest absolute Gasteiger partial charge is 0.259 e. The molecule has 1 unspecified atom stereocenters. The predicted molar refractivity (Wildman–Crippen MR) is 127 cm³/mol. The van der Waals surface area contributed by atoms with E-state index in [0.29, 0.717) is 32.1 Å². The Hall–Kier alpha value is -2.78. The third-order valence-corrected chi connectivity index (χ3v) is 7.03. The number of ether oxygens (including phenoxy) is 1. The fraction of sp³-hybridized carbons (Fsp3) is 0.360. The molecule has 0 saturated carbocycles. The van der Waals surface area contributed by atoms with Crippen LogP contribution in [0.3, 0.4) is 0 Å². The largest absolute Gasteiger partial charge is 0.468 e. The van der Waals surface area contributed by atoms with Crippen LogP contribution in [0.15, 0.2) is 57.9 Å². The maximum Gasteiger partial charge on any atom is 0.259 e. The Balaban J connectivity index is 1.27. The van der Waals surface area contributed by atoms with Crippen molar-refractivity contribution < 1.29 is 14.3 Å². The quantitative estimate of drug-likeness (QED) is 0.372. The highest BCUT2D eigenvalue weighted by Crippen LogP contribution is 2.34. The van der Waals surface area contributed by atoms with Gasteiger partial charge in [-0.15, -0.1) is 11.3 Å². The summed E-state index contributed by atoms with van der Waals surface area (Å²) >= 11 is 1.63. The first kappa shape index (κ1) is 22.0. The fourth-order valence-electron chi connectivity index (χ4n) is 4.38. The van der Waals surface area contributed by atoms with Gasteiger partial charge in [0.25, 0.3) is 5.56 Å². The molecule has 0 fully saturated rings. The fourth-order valence-corrected chi connectivity index (χ4v) is 5.66. The van der Waals surface area contributed by atoms with Gasteiger partial charge in [-0.25, -0.2) is 4.98 Å². The summed E-state index contributed by atoms with van der Waals surface area (Å²) in [5, 5.41) is 11.4. The molecule has 0 saturated heterocycles. The zero-order chi connectivity index (χ0) is 22.6. The zero-order valence-electron chi connectivity index (χ0n) is 18.3. The highest BCUT2D eigenvalue weighted by molar-refractivity contribution is 7.18. The summed E-state index contributed by atoms with van der Waals surface area (Å²) < 4.78 is 11.2. The van der Waals surface area contributed by atoms with Crippen molar-refractivity contribution in [2.45, 2.75) is 45.1 Å². The van der Waals surface area contributed by atoms with E-state index in [1.807, 2.05) is 47.4 Å². The van der Waals surface area contributed by atoms with E-state index in [1.54, 1.807) is 17.6 Å². The Morgan fingerprint density at radius 3 is 2.88 bits per heavy atom. The van der Waals surface area contributed by atoms with Gasteiger partial charge < -0.3 is 19.2 Å². The van der Waals surface area contributed by atoms with Gasteiger partial charge in [-0.3, -0.25) is 9.69 Å². The lowest BCUT2D eigenvalue weighted by molar-refractivity contribution is 0.00573. The SMILES string of the molecule is O=c1[nH]c(CN(Cc2ccco2)CC(O)COCc2ccccc2)nc2sc3c(c12)CCC3. The van der Waals surface area contributed by atoms with Crippen molar-refractivity contribution >= 4 is 21.6 Å². The minimum atomic E-state index is -0.690. The summed E-state index contributed by atoms with van der Waals surface area (Å²) in [7, 11) is 0. The zero-order valence-corrected chi connectivity index (χ0v) is 19.1. The first-order chi connectivity index (χ1) is 16.2. The van der Waals surface area contributed by atoms with E-state index < -0.39 is 6.10 Å². The second-order valence-electron chi connectivity index (χ2n) is 8.45. The summed E-state index contributed by atoms with van der Waals surface area (Å²) in [6.45, 7) is 1.91. The van der Waals surface area contributed by atoms with Crippen molar-refractivity contribution in [3.63, 3.8) is 0 Å². The number of aliphatic hydroxyl groups excluding tert-OH is 1. The minimum Gasteiger partial charge on any atom is -0.468 e. The second kappa shape index (κ2) is 10.0. The summed E-state index contributed by atoms with van der Waals surface area (Å²) in [6, 6.07) is 13.6. The normalized spacial score (nSPS) is 14.2. The van der Waals surface area contributed by atoms with Crippen molar-refractivity contribution in [1.82, 2.24) is 14.9 Å². The molecule has 2 N–H and O–H groups in total.